The zero-order valence-corrected chi connectivity index (χ0v) is 14.9. The van der Waals surface area contributed by atoms with Crippen molar-refractivity contribution >= 4 is 33.7 Å². The Kier molecular flexibility index (Phi) is 6.24. The molecule has 0 saturated heterocycles. The van der Waals surface area contributed by atoms with Gasteiger partial charge in [0, 0.05) is 25.1 Å². The van der Waals surface area contributed by atoms with Crippen LogP contribution in [0.3, 0.4) is 0 Å². The number of ether oxygens (including phenoxy) is 1. The smallest absolute Gasteiger partial charge is 0.308 e. The van der Waals surface area contributed by atoms with Crippen LogP contribution < -0.4 is 15.8 Å². The number of pyridine rings is 1. The van der Waals surface area contributed by atoms with Crippen molar-refractivity contribution in [2.45, 2.75) is 19.4 Å². The van der Waals surface area contributed by atoms with Gasteiger partial charge in [0.05, 0.1) is 0 Å². The van der Waals surface area contributed by atoms with E-state index in [2.05, 4.69) is 26.2 Å². The molecule has 0 unspecified atom stereocenters. The first kappa shape index (κ1) is 18.6. The van der Waals surface area contributed by atoms with E-state index in [1.165, 1.54) is 31.2 Å². The SMILES string of the molecule is CC(=O)Oc1ccc(C(=O)N[C@@H](Cc2cccnc2Br)C(N)=O)cc1. The van der Waals surface area contributed by atoms with E-state index in [9.17, 15) is 14.4 Å². The summed E-state index contributed by atoms with van der Waals surface area (Å²) in [5.41, 5.74) is 6.45. The molecule has 25 heavy (non-hydrogen) atoms. The lowest BCUT2D eigenvalue weighted by Gasteiger charge is -2.16. The van der Waals surface area contributed by atoms with Crippen molar-refractivity contribution in [1.29, 1.82) is 0 Å². The lowest BCUT2D eigenvalue weighted by atomic mass is 10.1. The Bertz CT molecular complexity index is 793. The van der Waals surface area contributed by atoms with Crippen LogP contribution in [0.15, 0.2) is 47.2 Å². The first-order valence-electron chi connectivity index (χ1n) is 7.35. The monoisotopic (exact) mass is 405 g/mol. The second-order valence-corrected chi connectivity index (χ2v) is 5.96. The first-order chi connectivity index (χ1) is 11.9. The normalized spacial score (nSPS) is 11.4. The van der Waals surface area contributed by atoms with Crippen molar-refractivity contribution in [3.05, 3.63) is 58.3 Å². The zero-order valence-electron chi connectivity index (χ0n) is 13.4. The minimum absolute atomic E-state index is 0.209. The molecule has 7 nitrogen and oxygen atoms in total. The summed E-state index contributed by atoms with van der Waals surface area (Å²) in [4.78, 5) is 39.0. The molecule has 1 atom stereocenters. The zero-order chi connectivity index (χ0) is 18.4. The number of amides is 2. The van der Waals surface area contributed by atoms with Crippen molar-refractivity contribution in [3.63, 3.8) is 0 Å². The fourth-order valence-electron chi connectivity index (χ4n) is 2.10. The molecule has 2 amide bonds. The number of benzene rings is 1. The van der Waals surface area contributed by atoms with Gasteiger partial charge in [-0.3, -0.25) is 14.4 Å². The highest BCUT2D eigenvalue weighted by Gasteiger charge is 2.20. The first-order valence-corrected chi connectivity index (χ1v) is 8.14. The summed E-state index contributed by atoms with van der Waals surface area (Å²) in [7, 11) is 0. The molecule has 130 valence electrons. The maximum atomic E-state index is 12.3. The molecule has 0 aliphatic carbocycles. The summed E-state index contributed by atoms with van der Waals surface area (Å²) < 4.78 is 5.49. The van der Waals surface area contributed by atoms with Crippen LogP contribution in [0.1, 0.15) is 22.8 Å². The number of rotatable bonds is 6. The Balaban J connectivity index is 2.08. The van der Waals surface area contributed by atoms with Crippen molar-refractivity contribution in [1.82, 2.24) is 10.3 Å². The van der Waals surface area contributed by atoms with E-state index < -0.39 is 23.8 Å². The van der Waals surface area contributed by atoms with E-state index in [4.69, 9.17) is 10.5 Å². The predicted octanol–water partition coefficient (Wildman–Crippen LogP) is 1.60. The van der Waals surface area contributed by atoms with Gasteiger partial charge in [-0.15, -0.1) is 0 Å². The highest BCUT2D eigenvalue weighted by molar-refractivity contribution is 9.10. The van der Waals surface area contributed by atoms with Crippen molar-refractivity contribution in [2.24, 2.45) is 5.73 Å². The number of carbonyl (C=O) groups excluding carboxylic acids is 3. The average Bonchev–Trinajstić information content (AvgIpc) is 2.56. The van der Waals surface area contributed by atoms with Crippen LogP contribution in [0.4, 0.5) is 0 Å². The Morgan fingerprint density at radius 2 is 1.92 bits per heavy atom. The van der Waals surface area contributed by atoms with Crippen molar-refractivity contribution < 1.29 is 19.1 Å². The van der Waals surface area contributed by atoms with Crippen LogP contribution in [-0.2, 0) is 16.0 Å². The number of hydrogen-bond donors (Lipinski definition) is 2. The number of nitrogens with two attached hydrogens (primary N) is 1. The molecule has 2 rings (SSSR count). The maximum Gasteiger partial charge on any atom is 0.308 e. The third-order valence-electron chi connectivity index (χ3n) is 3.29. The summed E-state index contributed by atoms with van der Waals surface area (Å²) in [6.45, 7) is 1.29. The van der Waals surface area contributed by atoms with E-state index in [1.54, 1.807) is 18.3 Å². The summed E-state index contributed by atoms with van der Waals surface area (Å²) in [5, 5.41) is 2.60. The van der Waals surface area contributed by atoms with E-state index in [-0.39, 0.29) is 6.42 Å². The summed E-state index contributed by atoms with van der Waals surface area (Å²) in [5.74, 6) is -1.23. The number of nitrogens with one attached hydrogen (secondary N) is 1. The van der Waals surface area contributed by atoms with Crippen LogP contribution >= 0.6 is 15.9 Å². The third-order valence-corrected chi connectivity index (χ3v) is 4.00. The van der Waals surface area contributed by atoms with Gasteiger partial charge in [0.25, 0.3) is 5.91 Å². The van der Waals surface area contributed by atoms with Crippen LogP contribution in [0, 0.1) is 0 Å². The molecule has 0 saturated carbocycles. The van der Waals surface area contributed by atoms with Gasteiger partial charge in [-0.1, -0.05) is 6.07 Å². The maximum absolute atomic E-state index is 12.3. The second kappa shape index (κ2) is 8.39. The molecule has 2 aromatic rings. The number of esters is 1. The number of aromatic nitrogens is 1. The molecule has 8 heteroatoms. The van der Waals surface area contributed by atoms with Gasteiger partial charge in [-0.25, -0.2) is 4.98 Å². The number of primary amides is 1. The fraction of sp³-hybridized carbons (Fsp3) is 0.176. The van der Waals surface area contributed by atoms with E-state index >= 15 is 0 Å². The highest BCUT2D eigenvalue weighted by Crippen LogP contribution is 2.16. The summed E-state index contributed by atoms with van der Waals surface area (Å²) >= 11 is 3.30. The Hall–Kier alpha value is -2.74. The van der Waals surface area contributed by atoms with Gasteiger partial charge in [0.1, 0.15) is 16.4 Å². The molecule has 0 spiro atoms. The van der Waals surface area contributed by atoms with Gasteiger partial charge in [0.2, 0.25) is 5.91 Å². The molecule has 1 heterocycles. The molecule has 0 fully saturated rings. The van der Waals surface area contributed by atoms with Crippen LogP contribution in [0.2, 0.25) is 0 Å². The molecular formula is C17H16BrN3O4. The quantitative estimate of drug-likeness (QED) is 0.430. The molecule has 0 bridgehead atoms. The lowest BCUT2D eigenvalue weighted by Crippen LogP contribution is -2.45. The van der Waals surface area contributed by atoms with Gasteiger partial charge in [-0.2, -0.15) is 0 Å². The van der Waals surface area contributed by atoms with Crippen LogP contribution in [-0.4, -0.2) is 28.8 Å². The minimum Gasteiger partial charge on any atom is -0.427 e. The Morgan fingerprint density at radius 3 is 2.48 bits per heavy atom. The minimum atomic E-state index is -0.888. The molecule has 0 radical (unpaired) electrons. The fourth-order valence-corrected chi connectivity index (χ4v) is 2.51. The van der Waals surface area contributed by atoms with Crippen molar-refractivity contribution in [3.8, 4) is 5.75 Å². The molecule has 3 N–H and O–H groups in total. The van der Waals surface area contributed by atoms with Gasteiger partial charge >= 0.3 is 5.97 Å². The van der Waals surface area contributed by atoms with E-state index in [1.807, 2.05) is 0 Å². The van der Waals surface area contributed by atoms with Gasteiger partial charge in [-0.05, 0) is 51.8 Å². The standard InChI is InChI=1S/C17H16BrN3O4/c1-10(22)25-13-6-4-11(5-7-13)17(24)21-14(16(19)23)9-12-3-2-8-20-15(12)18/h2-8,14H,9H2,1H3,(H2,19,23)(H,21,24)/t14-/m0/s1. The van der Waals surface area contributed by atoms with E-state index in [0.717, 1.165) is 5.56 Å². The molecule has 0 aliphatic rings. The van der Waals surface area contributed by atoms with Crippen LogP contribution in [0.5, 0.6) is 5.75 Å². The lowest BCUT2D eigenvalue weighted by molar-refractivity contribution is -0.131. The number of nitrogens with zero attached hydrogens (tertiary/aromatic N) is 1. The molecule has 1 aromatic carbocycles. The Morgan fingerprint density at radius 1 is 1.24 bits per heavy atom. The summed E-state index contributed by atoms with van der Waals surface area (Å²) in [6, 6.07) is 8.60. The number of carbonyl (C=O) groups is 3. The third kappa shape index (κ3) is 5.39. The largest absolute Gasteiger partial charge is 0.427 e. The number of halogens is 1. The van der Waals surface area contributed by atoms with Gasteiger partial charge < -0.3 is 15.8 Å². The number of hydrogen-bond acceptors (Lipinski definition) is 5. The van der Waals surface area contributed by atoms with Crippen molar-refractivity contribution in [2.75, 3.05) is 0 Å². The molecular weight excluding hydrogens is 390 g/mol. The second-order valence-electron chi connectivity index (χ2n) is 5.20. The van der Waals surface area contributed by atoms with Gasteiger partial charge in [0.15, 0.2) is 0 Å². The topological polar surface area (TPSA) is 111 Å². The summed E-state index contributed by atoms with van der Waals surface area (Å²) in [6.07, 6.45) is 1.82. The molecule has 0 aliphatic heterocycles. The van der Waals surface area contributed by atoms with Crippen LogP contribution in [0.25, 0.3) is 0 Å². The average molecular weight is 406 g/mol. The molecule has 1 aromatic heterocycles. The highest BCUT2D eigenvalue weighted by atomic mass is 79.9. The predicted molar refractivity (Wildman–Crippen MR) is 93.8 cm³/mol. The Labute approximate surface area is 152 Å². The van der Waals surface area contributed by atoms with E-state index in [0.29, 0.717) is 15.9 Å².